The maximum absolute atomic E-state index is 13.2. The molecule has 0 aliphatic carbocycles. The largest absolute Gasteiger partial charge is 0.322 e. The highest BCUT2D eigenvalue weighted by molar-refractivity contribution is 7.99. The molecule has 3 aromatic rings. The lowest BCUT2D eigenvalue weighted by Gasteiger charge is -2.28. The molecule has 1 amide bonds. The first-order valence-electron chi connectivity index (χ1n) is 9.72. The van der Waals surface area contributed by atoms with Crippen molar-refractivity contribution in [1.82, 2.24) is 9.55 Å². The van der Waals surface area contributed by atoms with E-state index in [4.69, 9.17) is 0 Å². The van der Waals surface area contributed by atoms with Crippen molar-refractivity contribution in [2.45, 2.75) is 17.6 Å². The number of hydrogen-bond donors (Lipinski definition) is 0. The lowest BCUT2D eigenvalue weighted by Crippen LogP contribution is -2.42. The fourth-order valence-corrected chi connectivity index (χ4v) is 6.24. The number of carbonyl (C=O) groups excluding carboxylic acids is 1. The number of imidazole rings is 1. The summed E-state index contributed by atoms with van der Waals surface area (Å²) in [6, 6.07) is 18.9. The van der Waals surface area contributed by atoms with E-state index in [0.29, 0.717) is 6.42 Å². The van der Waals surface area contributed by atoms with Crippen molar-refractivity contribution in [3.63, 3.8) is 0 Å². The minimum atomic E-state index is -3.10. The van der Waals surface area contributed by atoms with Gasteiger partial charge in [-0.05, 0) is 24.1 Å². The standard InChI is InChI=1S/C22H23N3O3S2/c1-24-20(17-8-4-2-5-9-17)14-23-22(24)29-15-21(26)25(18-10-6-3-7-11-18)19-12-13-30(27,28)16-19/h2-11,14,19H,12-13,15-16H2,1H3/t19-/m1/s1. The predicted octanol–water partition coefficient (Wildman–Crippen LogP) is 3.40. The van der Waals surface area contributed by atoms with E-state index in [1.807, 2.05) is 72.3 Å². The average molecular weight is 442 g/mol. The Labute approximate surface area is 180 Å². The first-order chi connectivity index (χ1) is 14.4. The Kier molecular flexibility index (Phi) is 5.97. The van der Waals surface area contributed by atoms with Crippen molar-refractivity contribution in [1.29, 1.82) is 0 Å². The van der Waals surface area contributed by atoms with E-state index in [-0.39, 0.29) is 29.2 Å². The summed E-state index contributed by atoms with van der Waals surface area (Å²) < 4.78 is 26.0. The number of para-hydroxylation sites is 1. The van der Waals surface area contributed by atoms with Crippen LogP contribution < -0.4 is 4.90 Å². The summed E-state index contributed by atoms with van der Waals surface area (Å²) in [6.07, 6.45) is 2.27. The topological polar surface area (TPSA) is 72.3 Å². The van der Waals surface area contributed by atoms with Crippen molar-refractivity contribution in [3.8, 4) is 11.3 Å². The van der Waals surface area contributed by atoms with Gasteiger partial charge in [0.2, 0.25) is 5.91 Å². The Bertz CT molecular complexity index is 1130. The highest BCUT2D eigenvalue weighted by atomic mass is 32.2. The van der Waals surface area contributed by atoms with Crippen LogP contribution in [-0.4, -0.2) is 47.2 Å². The lowest BCUT2D eigenvalue weighted by atomic mass is 10.2. The molecule has 0 spiro atoms. The van der Waals surface area contributed by atoms with Crippen LogP contribution >= 0.6 is 11.8 Å². The van der Waals surface area contributed by atoms with Crippen LogP contribution in [0.3, 0.4) is 0 Å². The molecular weight excluding hydrogens is 418 g/mol. The van der Waals surface area contributed by atoms with Gasteiger partial charge in [-0.2, -0.15) is 0 Å². The number of carbonyl (C=O) groups is 1. The highest BCUT2D eigenvalue weighted by Gasteiger charge is 2.35. The van der Waals surface area contributed by atoms with Crippen LogP contribution in [0.2, 0.25) is 0 Å². The van der Waals surface area contributed by atoms with E-state index in [0.717, 1.165) is 22.1 Å². The number of anilines is 1. The molecule has 0 bridgehead atoms. The van der Waals surface area contributed by atoms with Gasteiger partial charge in [0, 0.05) is 12.7 Å². The minimum Gasteiger partial charge on any atom is -0.322 e. The molecule has 1 aliphatic heterocycles. The zero-order chi connectivity index (χ0) is 21.1. The molecular formula is C22H23N3O3S2. The van der Waals surface area contributed by atoms with E-state index >= 15 is 0 Å². The first-order valence-corrected chi connectivity index (χ1v) is 12.5. The molecule has 1 fully saturated rings. The molecule has 8 heteroatoms. The summed E-state index contributed by atoms with van der Waals surface area (Å²) in [4.78, 5) is 19.3. The molecule has 0 radical (unpaired) electrons. The number of hydrogen-bond acceptors (Lipinski definition) is 5. The van der Waals surface area contributed by atoms with E-state index in [2.05, 4.69) is 4.98 Å². The van der Waals surface area contributed by atoms with Gasteiger partial charge in [0.25, 0.3) is 0 Å². The molecule has 1 aliphatic rings. The van der Waals surface area contributed by atoms with E-state index < -0.39 is 9.84 Å². The van der Waals surface area contributed by atoms with Gasteiger partial charge in [-0.25, -0.2) is 13.4 Å². The summed E-state index contributed by atoms with van der Waals surface area (Å²) in [7, 11) is -1.17. The van der Waals surface area contributed by atoms with Gasteiger partial charge in [0.05, 0.1) is 35.2 Å². The van der Waals surface area contributed by atoms with Gasteiger partial charge in [0.1, 0.15) is 0 Å². The fraction of sp³-hybridized carbons (Fsp3) is 0.273. The molecule has 2 heterocycles. The number of benzene rings is 2. The quantitative estimate of drug-likeness (QED) is 0.548. The molecule has 2 aromatic carbocycles. The summed E-state index contributed by atoms with van der Waals surface area (Å²) in [5.74, 6) is 0.211. The maximum Gasteiger partial charge on any atom is 0.237 e. The van der Waals surface area contributed by atoms with Gasteiger partial charge in [0.15, 0.2) is 15.0 Å². The number of amides is 1. The van der Waals surface area contributed by atoms with Crippen LogP contribution in [0.1, 0.15) is 6.42 Å². The molecule has 4 rings (SSSR count). The number of nitrogens with zero attached hydrogens (tertiary/aromatic N) is 3. The Hall–Kier alpha value is -2.58. The van der Waals surface area contributed by atoms with Crippen LogP contribution in [0, 0.1) is 0 Å². The van der Waals surface area contributed by atoms with Crippen molar-refractivity contribution in [2.75, 3.05) is 22.2 Å². The third kappa shape index (κ3) is 4.44. The number of sulfone groups is 1. The molecule has 1 aromatic heterocycles. The molecule has 0 unspecified atom stereocenters. The summed E-state index contributed by atoms with van der Waals surface area (Å²) in [5, 5.41) is 0.745. The van der Waals surface area contributed by atoms with Crippen LogP contribution in [0.4, 0.5) is 5.69 Å². The SMILES string of the molecule is Cn1c(-c2ccccc2)cnc1SCC(=O)N(c1ccccc1)[C@@H]1CCS(=O)(=O)C1. The van der Waals surface area contributed by atoms with Crippen LogP contribution in [0.5, 0.6) is 0 Å². The number of thioether (sulfide) groups is 1. The van der Waals surface area contributed by atoms with Gasteiger partial charge in [-0.3, -0.25) is 4.79 Å². The van der Waals surface area contributed by atoms with Crippen molar-refractivity contribution in [2.24, 2.45) is 7.05 Å². The predicted molar refractivity (Wildman–Crippen MR) is 120 cm³/mol. The van der Waals surface area contributed by atoms with Gasteiger partial charge >= 0.3 is 0 Å². The second-order valence-corrected chi connectivity index (χ2v) is 10.5. The fourth-order valence-electron chi connectivity index (χ4n) is 3.73. The molecule has 1 saturated heterocycles. The summed E-state index contributed by atoms with van der Waals surface area (Å²) >= 11 is 1.36. The smallest absolute Gasteiger partial charge is 0.237 e. The first kappa shape index (κ1) is 20.7. The Morgan fingerprint density at radius 1 is 1.13 bits per heavy atom. The molecule has 6 nitrogen and oxygen atoms in total. The van der Waals surface area contributed by atoms with Crippen LogP contribution in [-0.2, 0) is 21.7 Å². The second-order valence-electron chi connectivity index (χ2n) is 7.30. The Balaban J connectivity index is 1.52. The summed E-state index contributed by atoms with van der Waals surface area (Å²) in [5.41, 5.74) is 2.77. The van der Waals surface area contributed by atoms with Gasteiger partial charge in [-0.15, -0.1) is 0 Å². The Morgan fingerprint density at radius 3 is 2.43 bits per heavy atom. The van der Waals surface area contributed by atoms with E-state index in [1.54, 1.807) is 11.1 Å². The minimum absolute atomic E-state index is 0.0128. The van der Waals surface area contributed by atoms with Crippen LogP contribution in [0.15, 0.2) is 72.0 Å². The molecule has 0 N–H and O–H groups in total. The third-order valence-electron chi connectivity index (χ3n) is 5.22. The number of rotatable bonds is 6. The van der Waals surface area contributed by atoms with Crippen molar-refractivity contribution in [3.05, 3.63) is 66.9 Å². The summed E-state index contributed by atoms with van der Waals surface area (Å²) in [6.45, 7) is 0. The zero-order valence-corrected chi connectivity index (χ0v) is 18.3. The maximum atomic E-state index is 13.2. The Morgan fingerprint density at radius 2 is 1.80 bits per heavy atom. The van der Waals surface area contributed by atoms with Crippen molar-refractivity contribution < 1.29 is 13.2 Å². The molecule has 30 heavy (non-hydrogen) atoms. The zero-order valence-electron chi connectivity index (χ0n) is 16.6. The van der Waals surface area contributed by atoms with E-state index in [9.17, 15) is 13.2 Å². The van der Waals surface area contributed by atoms with Crippen molar-refractivity contribution >= 4 is 33.2 Å². The monoisotopic (exact) mass is 441 g/mol. The lowest BCUT2D eigenvalue weighted by molar-refractivity contribution is -0.116. The molecule has 156 valence electrons. The third-order valence-corrected chi connectivity index (χ3v) is 8.00. The van der Waals surface area contributed by atoms with Gasteiger partial charge in [-0.1, -0.05) is 60.3 Å². The van der Waals surface area contributed by atoms with E-state index in [1.165, 1.54) is 11.8 Å². The molecule has 0 saturated carbocycles. The highest BCUT2D eigenvalue weighted by Crippen LogP contribution is 2.28. The normalized spacial score (nSPS) is 17.7. The second kappa shape index (κ2) is 8.65. The average Bonchev–Trinajstić information content (AvgIpc) is 3.29. The van der Waals surface area contributed by atoms with Gasteiger partial charge < -0.3 is 9.47 Å². The van der Waals surface area contributed by atoms with Crippen LogP contribution in [0.25, 0.3) is 11.3 Å². The molecule has 1 atom stereocenters. The number of aromatic nitrogens is 2.